The monoisotopic (exact) mass is 269 g/mol. The molecule has 5 nitrogen and oxygen atoms in total. The van der Waals surface area contributed by atoms with Crippen molar-refractivity contribution in [2.45, 2.75) is 18.7 Å². The quantitative estimate of drug-likeness (QED) is 0.901. The first-order valence-corrected chi connectivity index (χ1v) is 7.52. The Morgan fingerprint density at radius 1 is 1.33 bits per heavy atom. The Labute approximate surface area is 108 Å². The minimum absolute atomic E-state index is 0.258. The van der Waals surface area contributed by atoms with E-state index < -0.39 is 10.0 Å². The molecule has 1 aromatic rings. The molecule has 2 heterocycles. The molecule has 6 heteroatoms. The highest BCUT2D eigenvalue weighted by molar-refractivity contribution is 7.89. The average Bonchev–Trinajstić information content (AvgIpc) is 2.70. The molecular weight excluding hydrogens is 250 g/mol. The van der Waals surface area contributed by atoms with Crippen LogP contribution in [0.1, 0.15) is 13.8 Å². The molecule has 18 heavy (non-hydrogen) atoms. The number of pyridine rings is 1. The van der Waals surface area contributed by atoms with Crippen LogP contribution in [-0.4, -0.2) is 37.8 Å². The molecule has 2 rings (SSSR count). The normalized spacial score (nSPS) is 25.3. The SMILES string of the molecule is CNc1ccncc1S(=O)(=O)N1CC(C)C(C)C1. The predicted molar refractivity (Wildman–Crippen MR) is 70.9 cm³/mol. The molecule has 100 valence electrons. The summed E-state index contributed by atoms with van der Waals surface area (Å²) in [5, 5.41) is 2.90. The van der Waals surface area contributed by atoms with Crippen LogP contribution in [0, 0.1) is 11.8 Å². The Hall–Kier alpha value is -1.14. The standard InChI is InChI=1S/C12H19N3O2S/c1-9-7-15(8-10(9)2)18(16,17)12-6-14-5-4-11(12)13-3/h4-6,9-10H,7-8H2,1-3H3,(H,13,14). The Morgan fingerprint density at radius 2 is 1.94 bits per heavy atom. The number of aromatic nitrogens is 1. The highest BCUT2D eigenvalue weighted by atomic mass is 32.2. The van der Waals surface area contributed by atoms with Gasteiger partial charge in [0.2, 0.25) is 10.0 Å². The summed E-state index contributed by atoms with van der Waals surface area (Å²) in [6.07, 6.45) is 2.99. The van der Waals surface area contributed by atoms with Gasteiger partial charge in [-0.1, -0.05) is 13.8 Å². The lowest BCUT2D eigenvalue weighted by molar-refractivity contribution is 0.463. The van der Waals surface area contributed by atoms with Gasteiger partial charge in [-0.15, -0.1) is 0 Å². The van der Waals surface area contributed by atoms with Crippen molar-refractivity contribution in [3.05, 3.63) is 18.5 Å². The van der Waals surface area contributed by atoms with Gasteiger partial charge < -0.3 is 5.32 Å². The third kappa shape index (κ3) is 2.22. The molecule has 1 aliphatic heterocycles. The average molecular weight is 269 g/mol. The Kier molecular flexibility index (Phi) is 3.59. The van der Waals surface area contributed by atoms with Gasteiger partial charge in [0.15, 0.2) is 0 Å². The lowest BCUT2D eigenvalue weighted by Crippen LogP contribution is -2.29. The Morgan fingerprint density at radius 3 is 2.50 bits per heavy atom. The highest BCUT2D eigenvalue weighted by Crippen LogP contribution is 2.30. The summed E-state index contributed by atoms with van der Waals surface area (Å²) in [7, 11) is -1.73. The second kappa shape index (κ2) is 4.85. The van der Waals surface area contributed by atoms with Crippen LogP contribution in [0.2, 0.25) is 0 Å². The van der Waals surface area contributed by atoms with Crippen LogP contribution in [-0.2, 0) is 10.0 Å². The van der Waals surface area contributed by atoms with Crippen molar-refractivity contribution < 1.29 is 8.42 Å². The second-order valence-corrected chi connectivity index (χ2v) is 6.80. The molecule has 1 saturated heterocycles. The molecule has 0 saturated carbocycles. The minimum Gasteiger partial charge on any atom is -0.387 e. The molecule has 1 aromatic heterocycles. The van der Waals surface area contributed by atoms with Gasteiger partial charge >= 0.3 is 0 Å². The van der Waals surface area contributed by atoms with Crippen molar-refractivity contribution in [2.24, 2.45) is 11.8 Å². The van der Waals surface area contributed by atoms with E-state index in [1.54, 1.807) is 23.6 Å². The number of rotatable bonds is 3. The fourth-order valence-electron chi connectivity index (χ4n) is 2.20. The molecule has 2 unspecified atom stereocenters. The lowest BCUT2D eigenvalue weighted by atomic mass is 10.0. The van der Waals surface area contributed by atoms with E-state index in [2.05, 4.69) is 24.1 Å². The molecule has 0 spiro atoms. The topological polar surface area (TPSA) is 62.3 Å². The highest BCUT2D eigenvalue weighted by Gasteiger charge is 2.36. The Bertz CT molecular complexity index is 520. The molecular formula is C12H19N3O2S. The summed E-state index contributed by atoms with van der Waals surface area (Å²) in [4.78, 5) is 4.18. The van der Waals surface area contributed by atoms with E-state index in [9.17, 15) is 8.42 Å². The summed E-state index contributed by atoms with van der Waals surface area (Å²) < 4.78 is 26.7. The van der Waals surface area contributed by atoms with Crippen molar-refractivity contribution in [1.29, 1.82) is 0 Å². The molecule has 0 radical (unpaired) electrons. The fraction of sp³-hybridized carbons (Fsp3) is 0.583. The Balaban J connectivity index is 2.37. The van der Waals surface area contributed by atoms with E-state index >= 15 is 0 Å². The van der Waals surface area contributed by atoms with Crippen molar-refractivity contribution >= 4 is 15.7 Å². The molecule has 1 fully saturated rings. The van der Waals surface area contributed by atoms with Gasteiger partial charge in [0.05, 0.1) is 5.69 Å². The molecule has 0 aromatic carbocycles. The molecule has 1 N–H and O–H groups in total. The molecule has 2 atom stereocenters. The smallest absolute Gasteiger partial charge is 0.246 e. The zero-order valence-corrected chi connectivity index (χ0v) is 11.7. The lowest BCUT2D eigenvalue weighted by Gasteiger charge is -2.18. The first-order chi connectivity index (χ1) is 8.46. The van der Waals surface area contributed by atoms with E-state index in [1.807, 2.05) is 0 Å². The maximum atomic E-state index is 12.6. The summed E-state index contributed by atoms with van der Waals surface area (Å²) in [6, 6.07) is 1.68. The summed E-state index contributed by atoms with van der Waals surface area (Å²) in [5.74, 6) is 0.795. The summed E-state index contributed by atoms with van der Waals surface area (Å²) >= 11 is 0. The van der Waals surface area contributed by atoms with Crippen LogP contribution >= 0.6 is 0 Å². The van der Waals surface area contributed by atoms with Crippen molar-refractivity contribution in [1.82, 2.24) is 9.29 Å². The van der Waals surface area contributed by atoms with Gasteiger partial charge in [-0.25, -0.2) is 8.42 Å². The van der Waals surface area contributed by atoms with Gasteiger partial charge in [0.1, 0.15) is 4.90 Å². The van der Waals surface area contributed by atoms with Gasteiger partial charge in [0, 0.05) is 32.5 Å². The number of nitrogens with one attached hydrogen (secondary N) is 1. The summed E-state index contributed by atoms with van der Waals surface area (Å²) in [6.45, 7) is 5.34. The van der Waals surface area contributed by atoms with E-state index in [-0.39, 0.29) is 4.90 Å². The second-order valence-electron chi connectivity index (χ2n) is 4.90. The zero-order valence-electron chi connectivity index (χ0n) is 10.9. The number of sulfonamides is 1. The fourth-order valence-corrected chi connectivity index (χ4v) is 3.99. The number of hydrogen-bond acceptors (Lipinski definition) is 4. The first kappa shape index (κ1) is 13.3. The van der Waals surface area contributed by atoms with Crippen LogP contribution in [0.4, 0.5) is 5.69 Å². The summed E-state index contributed by atoms with van der Waals surface area (Å²) in [5.41, 5.74) is 0.595. The minimum atomic E-state index is -3.44. The van der Waals surface area contributed by atoms with Crippen LogP contribution < -0.4 is 5.32 Å². The first-order valence-electron chi connectivity index (χ1n) is 6.08. The van der Waals surface area contributed by atoms with Crippen LogP contribution in [0.15, 0.2) is 23.4 Å². The van der Waals surface area contributed by atoms with E-state index in [0.29, 0.717) is 30.6 Å². The predicted octanol–water partition coefficient (Wildman–Crippen LogP) is 1.40. The van der Waals surface area contributed by atoms with E-state index in [0.717, 1.165) is 0 Å². The number of nitrogens with zero attached hydrogens (tertiary/aromatic N) is 2. The molecule has 0 bridgehead atoms. The van der Waals surface area contributed by atoms with E-state index in [1.165, 1.54) is 6.20 Å². The largest absolute Gasteiger partial charge is 0.387 e. The van der Waals surface area contributed by atoms with Crippen molar-refractivity contribution in [3.8, 4) is 0 Å². The molecule has 0 aliphatic carbocycles. The molecule has 1 aliphatic rings. The van der Waals surface area contributed by atoms with Crippen LogP contribution in [0.3, 0.4) is 0 Å². The maximum absolute atomic E-state index is 12.6. The number of anilines is 1. The zero-order chi connectivity index (χ0) is 13.3. The van der Waals surface area contributed by atoms with Gasteiger partial charge in [-0.2, -0.15) is 4.31 Å². The van der Waals surface area contributed by atoms with Crippen LogP contribution in [0.25, 0.3) is 0 Å². The van der Waals surface area contributed by atoms with E-state index in [4.69, 9.17) is 0 Å². The van der Waals surface area contributed by atoms with Crippen molar-refractivity contribution in [3.63, 3.8) is 0 Å². The maximum Gasteiger partial charge on any atom is 0.246 e. The third-order valence-electron chi connectivity index (χ3n) is 3.63. The molecule has 0 amide bonds. The van der Waals surface area contributed by atoms with Gasteiger partial charge in [-0.05, 0) is 17.9 Å². The number of hydrogen-bond donors (Lipinski definition) is 1. The van der Waals surface area contributed by atoms with Crippen molar-refractivity contribution in [2.75, 3.05) is 25.5 Å². The third-order valence-corrected chi connectivity index (χ3v) is 5.49. The van der Waals surface area contributed by atoms with Crippen LogP contribution in [0.5, 0.6) is 0 Å². The van der Waals surface area contributed by atoms with Gasteiger partial charge in [0.25, 0.3) is 0 Å². The van der Waals surface area contributed by atoms with Gasteiger partial charge in [-0.3, -0.25) is 4.98 Å².